The lowest BCUT2D eigenvalue weighted by Gasteiger charge is -2.31. The lowest BCUT2D eigenvalue weighted by atomic mass is 9.82. The number of rotatable bonds is 10. The van der Waals surface area contributed by atoms with Gasteiger partial charge in [-0.1, -0.05) is 69.2 Å². The minimum atomic E-state index is -0.763. The van der Waals surface area contributed by atoms with Crippen molar-refractivity contribution < 1.29 is 24.2 Å². The van der Waals surface area contributed by atoms with Crippen LogP contribution < -0.4 is 5.32 Å². The molecule has 8 heteroatoms. The molecule has 0 bridgehead atoms. The third-order valence-corrected chi connectivity index (χ3v) is 7.37. The van der Waals surface area contributed by atoms with Crippen LogP contribution in [-0.2, 0) is 25.7 Å². The third kappa shape index (κ3) is 7.21. The van der Waals surface area contributed by atoms with Gasteiger partial charge in [-0.3, -0.25) is 14.4 Å². The summed E-state index contributed by atoms with van der Waals surface area (Å²) >= 11 is 0. The maximum Gasteiger partial charge on any atom is 0.303 e. The highest BCUT2D eigenvalue weighted by Gasteiger charge is 2.29. The lowest BCUT2D eigenvalue weighted by molar-refractivity contribution is -0.137. The van der Waals surface area contributed by atoms with Crippen LogP contribution in [-0.4, -0.2) is 46.4 Å². The maximum atomic E-state index is 13.4. The van der Waals surface area contributed by atoms with Crippen molar-refractivity contribution in [3.05, 3.63) is 71.3 Å². The number of carboxylic acids is 1. The predicted octanol–water partition coefficient (Wildman–Crippen LogP) is 4.69. The summed E-state index contributed by atoms with van der Waals surface area (Å²) in [4.78, 5) is 36.7. The van der Waals surface area contributed by atoms with Crippen molar-refractivity contribution in [2.24, 2.45) is 16.9 Å². The molecular formula is C30H37N3O5. The zero-order valence-corrected chi connectivity index (χ0v) is 22.1. The van der Waals surface area contributed by atoms with Crippen LogP contribution in [0.1, 0.15) is 75.0 Å². The molecule has 1 aliphatic carbocycles. The van der Waals surface area contributed by atoms with E-state index in [1.54, 1.807) is 0 Å². The van der Waals surface area contributed by atoms with E-state index >= 15 is 0 Å². The second-order valence-corrected chi connectivity index (χ2v) is 10.6. The number of nitrogens with zero attached hydrogens (tertiary/aromatic N) is 2. The Morgan fingerprint density at radius 1 is 1.11 bits per heavy atom. The van der Waals surface area contributed by atoms with Gasteiger partial charge in [-0.25, -0.2) is 5.01 Å². The number of aliphatic carboxylic acids is 1. The fourth-order valence-corrected chi connectivity index (χ4v) is 5.39. The second-order valence-electron chi connectivity index (χ2n) is 10.6. The van der Waals surface area contributed by atoms with Crippen molar-refractivity contribution in [3.8, 4) is 0 Å². The average Bonchev–Trinajstić information content (AvgIpc) is 2.90. The highest BCUT2D eigenvalue weighted by atomic mass is 16.5. The molecule has 1 heterocycles. The quantitative estimate of drug-likeness (QED) is 0.474. The summed E-state index contributed by atoms with van der Waals surface area (Å²) in [5.41, 5.74) is 2.66. The molecule has 2 aromatic rings. The minimum Gasteiger partial charge on any atom is -0.481 e. The van der Waals surface area contributed by atoms with Crippen molar-refractivity contribution in [3.63, 3.8) is 0 Å². The van der Waals surface area contributed by atoms with Gasteiger partial charge in [-0.2, -0.15) is 0 Å². The first-order valence-corrected chi connectivity index (χ1v) is 13.5. The first-order valence-electron chi connectivity index (χ1n) is 13.5. The molecule has 3 atom stereocenters. The van der Waals surface area contributed by atoms with Gasteiger partial charge in [0.15, 0.2) is 6.61 Å². The number of carbonyl (C=O) groups excluding carboxylic acids is 2. The molecule has 202 valence electrons. The van der Waals surface area contributed by atoms with Gasteiger partial charge in [0.1, 0.15) is 0 Å². The summed E-state index contributed by atoms with van der Waals surface area (Å²) in [7, 11) is 0. The second kappa shape index (κ2) is 12.7. The molecule has 2 amide bonds. The number of hydrazone groups is 1. The van der Waals surface area contributed by atoms with Crippen LogP contribution in [0.3, 0.4) is 0 Å². The topological polar surface area (TPSA) is 108 Å². The maximum absolute atomic E-state index is 13.4. The van der Waals surface area contributed by atoms with Crippen molar-refractivity contribution in [1.82, 2.24) is 10.3 Å². The Kier molecular flexibility index (Phi) is 9.15. The van der Waals surface area contributed by atoms with Gasteiger partial charge in [0.25, 0.3) is 5.91 Å². The van der Waals surface area contributed by atoms with E-state index in [1.165, 1.54) is 5.01 Å². The van der Waals surface area contributed by atoms with E-state index in [1.807, 2.05) is 68.4 Å². The van der Waals surface area contributed by atoms with E-state index in [-0.39, 0.29) is 42.7 Å². The SMILES string of the molecule is CC(C)C(C(=O)NC1CCCC(CCC(=O)O)C1)c1ccc(CN2N=C(c3ccccc3)OCC2=O)cc1. The van der Waals surface area contributed by atoms with Crippen molar-refractivity contribution in [2.45, 2.75) is 70.9 Å². The number of hydrogen-bond donors (Lipinski definition) is 2. The molecule has 0 saturated heterocycles. The molecule has 4 rings (SSSR count). The normalized spacial score (nSPS) is 20.4. The molecule has 1 fully saturated rings. The molecular weight excluding hydrogens is 482 g/mol. The molecule has 2 aromatic carbocycles. The Morgan fingerprint density at radius 2 is 1.84 bits per heavy atom. The van der Waals surface area contributed by atoms with Crippen LogP contribution in [0.4, 0.5) is 0 Å². The molecule has 1 aliphatic heterocycles. The fourth-order valence-electron chi connectivity index (χ4n) is 5.39. The van der Waals surface area contributed by atoms with Crippen LogP contribution in [0.2, 0.25) is 0 Å². The summed E-state index contributed by atoms with van der Waals surface area (Å²) < 4.78 is 5.53. The molecule has 1 saturated carbocycles. The summed E-state index contributed by atoms with van der Waals surface area (Å²) in [5, 5.41) is 18.1. The van der Waals surface area contributed by atoms with Crippen LogP contribution >= 0.6 is 0 Å². The highest BCUT2D eigenvalue weighted by Crippen LogP contribution is 2.30. The van der Waals surface area contributed by atoms with E-state index in [9.17, 15) is 14.4 Å². The number of carbonyl (C=O) groups is 3. The van der Waals surface area contributed by atoms with Crippen LogP contribution in [0.15, 0.2) is 59.7 Å². The van der Waals surface area contributed by atoms with E-state index in [4.69, 9.17) is 9.84 Å². The summed E-state index contributed by atoms with van der Waals surface area (Å²) in [6, 6.07) is 17.4. The first-order chi connectivity index (χ1) is 18.3. The monoisotopic (exact) mass is 519 g/mol. The Bertz CT molecular complexity index is 1150. The minimum absolute atomic E-state index is 0.0112. The number of hydrogen-bond acceptors (Lipinski definition) is 5. The molecule has 2 aliphatic rings. The number of benzene rings is 2. The smallest absolute Gasteiger partial charge is 0.303 e. The van der Waals surface area contributed by atoms with Gasteiger partial charge in [0.05, 0.1) is 12.5 Å². The third-order valence-electron chi connectivity index (χ3n) is 7.37. The van der Waals surface area contributed by atoms with E-state index in [0.29, 0.717) is 24.8 Å². The van der Waals surface area contributed by atoms with Gasteiger partial charge in [0, 0.05) is 18.0 Å². The average molecular weight is 520 g/mol. The highest BCUT2D eigenvalue weighted by molar-refractivity contribution is 5.97. The Balaban J connectivity index is 1.40. The van der Waals surface area contributed by atoms with E-state index in [0.717, 1.165) is 42.4 Å². The van der Waals surface area contributed by atoms with Crippen LogP contribution in [0.25, 0.3) is 0 Å². The van der Waals surface area contributed by atoms with Gasteiger partial charge in [-0.05, 0) is 54.4 Å². The molecule has 38 heavy (non-hydrogen) atoms. The van der Waals surface area contributed by atoms with Crippen molar-refractivity contribution in [2.75, 3.05) is 6.61 Å². The fraction of sp³-hybridized carbons (Fsp3) is 0.467. The van der Waals surface area contributed by atoms with Gasteiger partial charge in [-0.15, -0.1) is 5.10 Å². The number of nitrogens with one attached hydrogen (secondary N) is 1. The molecule has 0 radical (unpaired) electrons. The van der Waals surface area contributed by atoms with E-state index in [2.05, 4.69) is 10.4 Å². The lowest BCUT2D eigenvalue weighted by Crippen LogP contribution is -2.42. The number of carboxylic acid groups (broad SMARTS) is 1. The van der Waals surface area contributed by atoms with Crippen LogP contribution in [0.5, 0.6) is 0 Å². The number of ether oxygens (including phenoxy) is 1. The van der Waals surface area contributed by atoms with Gasteiger partial charge < -0.3 is 15.2 Å². The summed E-state index contributed by atoms with van der Waals surface area (Å²) in [6.45, 7) is 4.35. The Hall–Kier alpha value is -3.68. The standard InChI is InChI=1S/C30H37N3O5/c1-20(2)28(29(37)31-25-10-6-7-21(17-25)13-16-27(35)36)23-14-11-22(12-15-23)18-33-26(34)19-38-30(32-33)24-8-4-3-5-9-24/h3-5,8-9,11-12,14-15,20-21,25,28H,6-7,10,13,16-19H2,1-2H3,(H,31,37)(H,35,36). The zero-order valence-electron chi connectivity index (χ0n) is 22.1. The first kappa shape index (κ1) is 27.4. The molecule has 0 aromatic heterocycles. The molecule has 3 unspecified atom stereocenters. The van der Waals surface area contributed by atoms with Crippen molar-refractivity contribution >= 4 is 23.7 Å². The Morgan fingerprint density at radius 3 is 2.53 bits per heavy atom. The van der Waals surface area contributed by atoms with Gasteiger partial charge in [0.2, 0.25) is 11.8 Å². The van der Waals surface area contributed by atoms with Crippen LogP contribution in [0, 0.1) is 11.8 Å². The largest absolute Gasteiger partial charge is 0.481 e. The zero-order chi connectivity index (χ0) is 27.1. The van der Waals surface area contributed by atoms with E-state index < -0.39 is 5.97 Å². The molecule has 2 N–H and O–H groups in total. The predicted molar refractivity (Wildman–Crippen MR) is 144 cm³/mol. The summed E-state index contributed by atoms with van der Waals surface area (Å²) in [5.74, 6) is -0.385. The Labute approximate surface area is 224 Å². The molecule has 8 nitrogen and oxygen atoms in total. The van der Waals surface area contributed by atoms with Crippen molar-refractivity contribution in [1.29, 1.82) is 0 Å². The van der Waals surface area contributed by atoms with Gasteiger partial charge >= 0.3 is 5.97 Å². The molecule has 0 spiro atoms. The summed E-state index contributed by atoms with van der Waals surface area (Å²) in [6.07, 6.45) is 4.64. The number of amides is 2.